The maximum Gasteiger partial charge on any atom is 0.242 e. The molecule has 0 spiro atoms. The quantitative estimate of drug-likeness (QED) is 0.572. The molecule has 1 fully saturated rings. The average Bonchev–Trinajstić information content (AvgIpc) is 3.45. The maximum absolute atomic E-state index is 14.1. The SMILES string of the molecule is CCCC(NC1CCc2c(F)cc(F)cc2C1)C(=O)Nc1cn(C(C)(C)CN2CCCC2)cn1. The molecule has 2 aliphatic rings. The number of fused-ring (bicyclic) bond motifs is 1. The summed E-state index contributed by atoms with van der Waals surface area (Å²) >= 11 is 0. The highest BCUT2D eigenvalue weighted by Crippen LogP contribution is 2.26. The molecule has 2 heterocycles. The van der Waals surface area contributed by atoms with Crippen LogP contribution < -0.4 is 10.6 Å². The van der Waals surface area contributed by atoms with Gasteiger partial charge in [-0.05, 0) is 82.7 Å². The van der Waals surface area contributed by atoms with Crippen LogP contribution in [0.2, 0.25) is 0 Å². The van der Waals surface area contributed by atoms with Crippen molar-refractivity contribution in [1.29, 1.82) is 0 Å². The summed E-state index contributed by atoms with van der Waals surface area (Å²) in [6.45, 7) is 9.63. The van der Waals surface area contributed by atoms with Crippen molar-refractivity contribution < 1.29 is 13.6 Å². The third-order valence-corrected chi connectivity index (χ3v) is 7.13. The van der Waals surface area contributed by atoms with Crippen LogP contribution in [-0.4, -0.2) is 52.1 Å². The number of amides is 1. The molecule has 2 aromatic rings. The van der Waals surface area contributed by atoms with Crippen molar-refractivity contribution in [2.45, 2.75) is 83.3 Å². The minimum Gasteiger partial charge on any atom is -0.328 e. The number of carbonyl (C=O) groups excluding carboxylic acids is 1. The van der Waals surface area contributed by atoms with E-state index in [1.54, 1.807) is 6.33 Å². The Balaban J connectivity index is 1.38. The summed E-state index contributed by atoms with van der Waals surface area (Å²) in [6.07, 6.45) is 9.47. The Bertz CT molecular complexity index is 999. The molecule has 1 aromatic carbocycles. The fraction of sp³-hybridized carbons (Fsp3) is 0.615. The third kappa shape index (κ3) is 5.84. The molecule has 2 unspecified atom stereocenters. The zero-order valence-corrected chi connectivity index (χ0v) is 20.5. The minimum atomic E-state index is -0.553. The molecule has 0 saturated carbocycles. The van der Waals surface area contributed by atoms with Crippen molar-refractivity contribution in [3.8, 4) is 0 Å². The smallest absolute Gasteiger partial charge is 0.242 e. The van der Waals surface area contributed by atoms with Gasteiger partial charge in [-0.25, -0.2) is 13.8 Å². The van der Waals surface area contributed by atoms with E-state index in [1.807, 2.05) is 13.1 Å². The molecule has 1 amide bonds. The topological polar surface area (TPSA) is 62.2 Å². The molecule has 0 bridgehead atoms. The van der Waals surface area contributed by atoms with Crippen LogP contribution in [0.15, 0.2) is 24.7 Å². The fourth-order valence-electron chi connectivity index (χ4n) is 5.31. The molecule has 2 atom stereocenters. The fourth-order valence-corrected chi connectivity index (χ4v) is 5.31. The first-order chi connectivity index (χ1) is 16.2. The zero-order valence-electron chi connectivity index (χ0n) is 20.5. The number of hydrogen-bond acceptors (Lipinski definition) is 4. The van der Waals surface area contributed by atoms with Crippen LogP contribution in [0.5, 0.6) is 0 Å². The van der Waals surface area contributed by atoms with Crippen molar-refractivity contribution >= 4 is 11.7 Å². The minimum absolute atomic E-state index is 0.00653. The summed E-state index contributed by atoms with van der Waals surface area (Å²) in [5.41, 5.74) is 1.16. The highest BCUT2D eigenvalue weighted by atomic mass is 19.1. The third-order valence-electron chi connectivity index (χ3n) is 7.13. The molecule has 0 radical (unpaired) electrons. The van der Waals surface area contributed by atoms with E-state index in [0.717, 1.165) is 32.1 Å². The van der Waals surface area contributed by atoms with Gasteiger partial charge in [0.15, 0.2) is 5.82 Å². The van der Waals surface area contributed by atoms with E-state index >= 15 is 0 Å². The standard InChI is InChI=1S/C26H37F2N5O/c1-4-7-23(30-20-8-9-21-18(13-20)12-19(27)14-22(21)28)25(34)31-24-15-33(17-29-24)26(2,3)16-32-10-5-6-11-32/h12,14-15,17,20,23,30H,4-11,13,16H2,1-3H3,(H,31,34). The Kier molecular flexibility index (Phi) is 7.67. The molecule has 1 saturated heterocycles. The van der Waals surface area contributed by atoms with Crippen LogP contribution in [0.4, 0.5) is 14.6 Å². The number of nitrogens with zero attached hydrogens (tertiary/aromatic N) is 3. The summed E-state index contributed by atoms with van der Waals surface area (Å²) in [6, 6.07) is 1.97. The van der Waals surface area contributed by atoms with E-state index in [0.29, 0.717) is 42.6 Å². The van der Waals surface area contributed by atoms with Crippen molar-refractivity contribution in [3.63, 3.8) is 0 Å². The van der Waals surface area contributed by atoms with Gasteiger partial charge in [-0.2, -0.15) is 0 Å². The number of rotatable bonds is 9. The Morgan fingerprint density at radius 2 is 2.03 bits per heavy atom. The van der Waals surface area contributed by atoms with Crippen LogP contribution in [0.1, 0.15) is 64.0 Å². The molecule has 1 aliphatic heterocycles. The van der Waals surface area contributed by atoms with Crippen LogP contribution in [-0.2, 0) is 23.2 Å². The van der Waals surface area contributed by atoms with Gasteiger partial charge in [0.2, 0.25) is 5.91 Å². The number of carbonyl (C=O) groups is 1. The first kappa shape index (κ1) is 24.8. The first-order valence-electron chi connectivity index (χ1n) is 12.6. The summed E-state index contributed by atoms with van der Waals surface area (Å²) < 4.78 is 29.8. The van der Waals surface area contributed by atoms with E-state index in [-0.39, 0.29) is 17.5 Å². The van der Waals surface area contributed by atoms with E-state index in [1.165, 1.54) is 18.9 Å². The summed E-state index contributed by atoms with van der Waals surface area (Å²) in [5, 5.41) is 6.42. The summed E-state index contributed by atoms with van der Waals surface area (Å²) in [7, 11) is 0. The number of nitrogens with one attached hydrogen (secondary N) is 2. The molecule has 4 rings (SSSR count). The lowest BCUT2D eigenvalue weighted by Gasteiger charge is -2.31. The number of aromatic nitrogens is 2. The molecule has 6 nitrogen and oxygen atoms in total. The van der Waals surface area contributed by atoms with Crippen LogP contribution in [0.3, 0.4) is 0 Å². The molecule has 8 heteroatoms. The van der Waals surface area contributed by atoms with E-state index in [4.69, 9.17) is 0 Å². The van der Waals surface area contributed by atoms with E-state index in [9.17, 15) is 13.6 Å². The van der Waals surface area contributed by atoms with Crippen LogP contribution >= 0.6 is 0 Å². The predicted molar refractivity (Wildman–Crippen MR) is 130 cm³/mol. The maximum atomic E-state index is 14.1. The highest BCUT2D eigenvalue weighted by molar-refractivity contribution is 5.94. The lowest BCUT2D eigenvalue weighted by atomic mass is 9.87. The normalized spacial score (nSPS) is 19.7. The second kappa shape index (κ2) is 10.5. The van der Waals surface area contributed by atoms with Gasteiger partial charge in [0.1, 0.15) is 11.6 Å². The van der Waals surface area contributed by atoms with Gasteiger partial charge >= 0.3 is 0 Å². The van der Waals surface area contributed by atoms with Crippen molar-refractivity contribution in [3.05, 3.63) is 47.4 Å². The largest absolute Gasteiger partial charge is 0.328 e. The Morgan fingerprint density at radius 3 is 2.76 bits per heavy atom. The first-order valence-corrected chi connectivity index (χ1v) is 12.6. The number of halogens is 2. The number of anilines is 1. The van der Waals surface area contributed by atoms with Gasteiger partial charge in [0.25, 0.3) is 0 Å². The number of imidazole rings is 1. The zero-order chi connectivity index (χ0) is 24.3. The molecular formula is C26H37F2N5O. The lowest BCUT2D eigenvalue weighted by molar-refractivity contribution is -0.118. The van der Waals surface area contributed by atoms with Crippen molar-refractivity contribution in [2.75, 3.05) is 25.0 Å². The van der Waals surface area contributed by atoms with Gasteiger partial charge < -0.3 is 20.1 Å². The molecule has 1 aromatic heterocycles. The van der Waals surface area contributed by atoms with Crippen molar-refractivity contribution in [2.24, 2.45) is 0 Å². The second-order valence-corrected chi connectivity index (χ2v) is 10.4. The molecular weight excluding hydrogens is 436 g/mol. The number of benzene rings is 1. The number of likely N-dealkylation sites (tertiary alicyclic amines) is 1. The second-order valence-electron chi connectivity index (χ2n) is 10.4. The number of hydrogen-bond donors (Lipinski definition) is 2. The Morgan fingerprint density at radius 1 is 1.26 bits per heavy atom. The predicted octanol–water partition coefficient (Wildman–Crippen LogP) is 4.25. The molecule has 34 heavy (non-hydrogen) atoms. The van der Waals surface area contributed by atoms with E-state index in [2.05, 4.69) is 38.9 Å². The summed E-state index contributed by atoms with van der Waals surface area (Å²) in [4.78, 5) is 20.0. The van der Waals surface area contributed by atoms with Crippen molar-refractivity contribution in [1.82, 2.24) is 19.8 Å². The molecule has 2 N–H and O–H groups in total. The lowest BCUT2D eigenvalue weighted by Crippen LogP contribution is -2.47. The van der Waals surface area contributed by atoms with Gasteiger partial charge in [0.05, 0.1) is 17.9 Å². The summed E-state index contributed by atoms with van der Waals surface area (Å²) in [5.74, 6) is -0.608. The highest BCUT2D eigenvalue weighted by Gasteiger charge is 2.28. The van der Waals surface area contributed by atoms with Gasteiger partial charge in [-0.3, -0.25) is 4.79 Å². The van der Waals surface area contributed by atoms with Crippen LogP contribution in [0.25, 0.3) is 0 Å². The van der Waals surface area contributed by atoms with Gasteiger partial charge in [0, 0.05) is 24.8 Å². The van der Waals surface area contributed by atoms with Gasteiger partial charge in [-0.1, -0.05) is 13.3 Å². The molecule has 1 aliphatic carbocycles. The van der Waals surface area contributed by atoms with E-state index < -0.39 is 17.7 Å². The Hall–Kier alpha value is -2.32. The monoisotopic (exact) mass is 473 g/mol. The Labute approximate surface area is 201 Å². The average molecular weight is 474 g/mol. The molecule has 186 valence electrons. The van der Waals surface area contributed by atoms with Gasteiger partial charge in [-0.15, -0.1) is 0 Å². The van der Waals surface area contributed by atoms with Crippen LogP contribution in [0, 0.1) is 11.6 Å².